The van der Waals surface area contributed by atoms with E-state index in [0.717, 1.165) is 38.5 Å². The number of carbonyl (C=O) groups is 2. The second-order valence-electron chi connectivity index (χ2n) is 4.76. The molecule has 0 unspecified atom stereocenters. The van der Waals surface area contributed by atoms with E-state index in [1.165, 1.54) is 0 Å². The van der Waals surface area contributed by atoms with Crippen molar-refractivity contribution in [1.29, 1.82) is 0 Å². The maximum Gasteiger partial charge on any atom is 0.323 e. The molecule has 1 aliphatic rings. The van der Waals surface area contributed by atoms with E-state index >= 15 is 0 Å². The lowest BCUT2D eigenvalue weighted by Gasteiger charge is -2.27. The number of unbranched alkanes of at least 4 members (excludes halogenated alkanes) is 2. The van der Waals surface area contributed by atoms with Gasteiger partial charge >= 0.3 is 5.97 Å². The minimum atomic E-state index is -0.932. The highest BCUT2D eigenvalue weighted by molar-refractivity contribution is 5.81. The van der Waals surface area contributed by atoms with Gasteiger partial charge in [0.2, 0.25) is 5.91 Å². The van der Waals surface area contributed by atoms with Gasteiger partial charge in [0.15, 0.2) is 0 Å². The molecule has 0 radical (unpaired) electrons. The number of carboxylic acids is 1. The van der Waals surface area contributed by atoms with Crippen LogP contribution < -0.4 is 0 Å². The number of hydrogen-bond acceptors (Lipinski definition) is 2. The van der Waals surface area contributed by atoms with Gasteiger partial charge in [0.1, 0.15) is 6.54 Å². The summed E-state index contributed by atoms with van der Waals surface area (Å²) >= 11 is 0. The molecule has 18 heavy (non-hydrogen) atoms. The van der Waals surface area contributed by atoms with Crippen LogP contribution in [0.1, 0.15) is 51.4 Å². The number of terminal acetylenes is 1. The topological polar surface area (TPSA) is 57.6 Å². The number of nitrogens with zero attached hydrogens (tertiary/aromatic N) is 1. The van der Waals surface area contributed by atoms with Crippen molar-refractivity contribution in [2.24, 2.45) is 0 Å². The average Bonchev–Trinajstić information content (AvgIpc) is 2.84. The zero-order chi connectivity index (χ0) is 13.4. The Kier molecular flexibility index (Phi) is 6.27. The highest BCUT2D eigenvalue weighted by Crippen LogP contribution is 2.24. The number of amides is 1. The molecule has 1 aliphatic carbocycles. The summed E-state index contributed by atoms with van der Waals surface area (Å²) in [7, 11) is 0. The van der Waals surface area contributed by atoms with Crippen molar-refractivity contribution in [3.63, 3.8) is 0 Å². The summed E-state index contributed by atoms with van der Waals surface area (Å²) in [4.78, 5) is 24.4. The third-order valence-corrected chi connectivity index (χ3v) is 3.35. The lowest BCUT2D eigenvalue weighted by molar-refractivity contribution is -0.146. The van der Waals surface area contributed by atoms with Gasteiger partial charge in [-0.05, 0) is 25.7 Å². The molecule has 1 saturated carbocycles. The minimum Gasteiger partial charge on any atom is -0.480 e. The van der Waals surface area contributed by atoms with Crippen LogP contribution in [0.15, 0.2) is 0 Å². The van der Waals surface area contributed by atoms with Gasteiger partial charge in [-0.1, -0.05) is 12.8 Å². The average molecular weight is 251 g/mol. The predicted octanol–water partition coefficient (Wildman–Crippen LogP) is 2.04. The maximum absolute atomic E-state index is 12.0. The van der Waals surface area contributed by atoms with Crippen LogP contribution in [-0.4, -0.2) is 34.5 Å². The summed E-state index contributed by atoms with van der Waals surface area (Å²) in [6.45, 7) is -0.168. The number of hydrogen-bond donors (Lipinski definition) is 1. The molecule has 1 fully saturated rings. The van der Waals surface area contributed by atoms with Gasteiger partial charge in [-0.3, -0.25) is 9.59 Å². The van der Waals surface area contributed by atoms with Crippen molar-refractivity contribution in [1.82, 2.24) is 4.90 Å². The molecular formula is C14H21NO3. The SMILES string of the molecule is C#CCCCCC(=O)N(CC(=O)O)C1CCCC1. The van der Waals surface area contributed by atoms with Gasteiger partial charge in [0, 0.05) is 18.9 Å². The summed E-state index contributed by atoms with van der Waals surface area (Å²) in [5.74, 6) is 1.57. The van der Waals surface area contributed by atoms with E-state index < -0.39 is 5.97 Å². The normalized spacial score (nSPS) is 15.3. The Balaban J connectivity index is 2.45. The number of carbonyl (C=O) groups excluding carboxylic acids is 1. The first-order valence-corrected chi connectivity index (χ1v) is 6.60. The maximum atomic E-state index is 12.0. The van der Waals surface area contributed by atoms with E-state index in [4.69, 9.17) is 11.5 Å². The highest BCUT2D eigenvalue weighted by atomic mass is 16.4. The second kappa shape index (κ2) is 7.75. The Hall–Kier alpha value is -1.50. The molecule has 0 aromatic rings. The van der Waals surface area contributed by atoms with Crippen LogP contribution in [0.25, 0.3) is 0 Å². The van der Waals surface area contributed by atoms with E-state index in [-0.39, 0.29) is 18.5 Å². The highest BCUT2D eigenvalue weighted by Gasteiger charge is 2.27. The zero-order valence-electron chi connectivity index (χ0n) is 10.7. The van der Waals surface area contributed by atoms with Crippen molar-refractivity contribution >= 4 is 11.9 Å². The van der Waals surface area contributed by atoms with Crippen LogP contribution in [-0.2, 0) is 9.59 Å². The van der Waals surface area contributed by atoms with Crippen molar-refractivity contribution < 1.29 is 14.7 Å². The van der Waals surface area contributed by atoms with E-state index in [1.54, 1.807) is 4.90 Å². The van der Waals surface area contributed by atoms with Gasteiger partial charge < -0.3 is 10.0 Å². The fraction of sp³-hybridized carbons (Fsp3) is 0.714. The lowest BCUT2D eigenvalue weighted by atomic mass is 10.1. The molecular weight excluding hydrogens is 230 g/mol. The minimum absolute atomic E-state index is 0.0404. The molecule has 1 amide bonds. The molecule has 0 atom stereocenters. The quantitative estimate of drug-likeness (QED) is 0.556. The summed E-state index contributed by atoms with van der Waals surface area (Å²) in [6.07, 6.45) is 11.8. The molecule has 0 heterocycles. The molecule has 0 saturated heterocycles. The monoisotopic (exact) mass is 251 g/mol. The summed E-state index contributed by atoms with van der Waals surface area (Å²) in [6, 6.07) is 0.126. The Morgan fingerprint density at radius 1 is 1.28 bits per heavy atom. The molecule has 0 bridgehead atoms. The van der Waals surface area contributed by atoms with Crippen molar-refractivity contribution in [2.45, 2.75) is 57.4 Å². The zero-order valence-corrected chi connectivity index (χ0v) is 10.7. The molecule has 1 rings (SSSR count). The van der Waals surface area contributed by atoms with Gasteiger partial charge in [0.05, 0.1) is 0 Å². The third kappa shape index (κ3) is 4.79. The first kappa shape index (κ1) is 14.6. The van der Waals surface area contributed by atoms with Crippen LogP contribution in [0.3, 0.4) is 0 Å². The van der Waals surface area contributed by atoms with Gasteiger partial charge in [-0.2, -0.15) is 0 Å². The number of rotatable bonds is 7. The van der Waals surface area contributed by atoms with Crippen molar-refractivity contribution in [3.8, 4) is 12.3 Å². The summed E-state index contributed by atoms with van der Waals surface area (Å²) in [5, 5.41) is 8.88. The van der Waals surface area contributed by atoms with E-state index in [0.29, 0.717) is 12.8 Å². The Morgan fingerprint density at radius 3 is 2.50 bits per heavy atom. The van der Waals surface area contributed by atoms with Crippen LogP contribution in [0, 0.1) is 12.3 Å². The van der Waals surface area contributed by atoms with Gasteiger partial charge in [-0.15, -0.1) is 12.3 Å². The van der Waals surface area contributed by atoms with Crippen molar-refractivity contribution in [2.75, 3.05) is 6.54 Å². The molecule has 0 aromatic heterocycles. The van der Waals surface area contributed by atoms with E-state index in [9.17, 15) is 9.59 Å². The molecule has 0 aromatic carbocycles. The lowest BCUT2D eigenvalue weighted by Crippen LogP contribution is -2.42. The summed E-state index contributed by atoms with van der Waals surface area (Å²) < 4.78 is 0. The van der Waals surface area contributed by atoms with E-state index in [1.807, 2.05) is 0 Å². The first-order chi connectivity index (χ1) is 8.65. The Labute approximate surface area is 108 Å². The number of aliphatic carboxylic acids is 1. The fourth-order valence-electron chi connectivity index (χ4n) is 2.43. The van der Waals surface area contributed by atoms with Crippen molar-refractivity contribution in [3.05, 3.63) is 0 Å². The Bertz CT molecular complexity index is 326. The Morgan fingerprint density at radius 2 is 1.94 bits per heavy atom. The second-order valence-corrected chi connectivity index (χ2v) is 4.76. The molecule has 1 N–H and O–H groups in total. The first-order valence-electron chi connectivity index (χ1n) is 6.60. The van der Waals surface area contributed by atoms with Crippen LogP contribution >= 0.6 is 0 Å². The van der Waals surface area contributed by atoms with Crippen LogP contribution in [0.4, 0.5) is 0 Å². The molecule has 0 aliphatic heterocycles. The molecule has 4 nitrogen and oxygen atoms in total. The van der Waals surface area contributed by atoms with Gasteiger partial charge in [-0.25, -0.2) is 0 Å². The third-order valence-electron chi connectivity index (χ3n) is 3.35. The smallest absolute Gasteiger partial charge is 0.323 e. The van der Waals surface area contributed by atoms with Gasteiger partial charge in [0.25, 0.3) is 0 Å². The molecule has 0 spiro atoms. The fourth-order valence-corrected chi connectivity index (χ4v) is 2.43. The van der Waals surface area contributed by atoms with Crippen LogP contribution in [0.5, 0.6) is 0 Å². The van der Waals surface area contributed by atoms with E-state index in [2.05, 4.69) is 5.92 Å². The summed E-state index contributed by atoms with van der Waals surface area (Å²) in [5.41, 5.74) is 0. The molecule has 100 valence electrons. The van der Waals surface area contributed by atoms with Crippen LogP contribution in [0.2, 0.25) is 0 Å². The largest absolute Gasteiger partial charge is 0.480 e. The standard InChI is InChI=1S/C14H21NO3/c1-2-3-4-5-10-13(16)15(11-14(17)18)12-8-6-7-9-12/h1,12H,3-11H2,(H,17,18). The molecule has 4 heteroatoms. The predicted molar refractivity (Wildman–Crippen MR) is 68.9 cm³/mol. The number of carboxylic acid groups (broad SMARTS) is 1.